The number of likely N-dealkylation sites (tertiary alicyclic amines) is 1. The number of carbonyl (C=O) groups excluding carboxylic acids is 2. The Labute approximate surface area is 213 Å². The molecule has 0 aliphatic carbocycles. The molecule has 0 spiro atoms. The standard InChI is InChI=1S/C25H28ClN7O3/c1-2-20(34)33-9-3-4-18(15-33)28-23-21-19(26)14-27-22(21)30-25(31-23)29-17-7-5-16(6-8-17)24(35)32-10-12-36-13-11-32/h2,5-8,14,18H,1,3-4,9-13,15H2,(H3,27,28,29,30,31)/t18-/m1/s1. The van der Waals surface area contributed by atoms with Gasteiger partial charge in [0.2, 0.25) is 11.9 Å². The van der Waals surface area contributed by atoms with Crippen LogP contribution in [0.15, 0.2) is 43.1 Å². The molecule has 0 radical (unpaired) electrons. The molecule has 36 heavy (non-hydrogen) atoms. The van der Waals surface area contributed by atoms with Gasteiger partial charge >= 0.3 is 0 Å². The van der Waals surface area contributed by atoms with E-state index in [1.807, 2.05) is 12.1 Å². The molecule has 11 heteroatoms. The van der Waals surface area contributed by atoms with Crippen LogP contribution in [0.2, 0.25) is 5.02 Å². The van der Waals surface area contributed by atoms with E-state index in [2.05, 4.69) is 27.2 Å². The number of nitrogens with zero attached hydrogens (tertiary/aromatic N) is 4. The summed E-state index contributed by atoms with van der Waals surface area (Å²) in [6.45, 7) is 7.18. The maximum absolute atomic E-state index is 12.7. The number of benzene rings is 1. The van der Waals surface area contributed by atoms with Crippen molar-refractivity contribution in [2.45, 2.75) is 18.9 Å². The van der Waals surface area contributed by atoms with Crippen LogP contribution in [0.25, 0.3) is 11.0 Å². The fourth-order valence-electron chi connectivity index (χ4n) is 4.55. The molecule has 1 aromatic carbocycles. The van der Waals surface area contributed by atoms with Crippen LogP contribution in [0.3, 0.4) is 0 Å². The fourth-order valence-corrected chi connectivity index (χ4v) is 4.78. The van der Waals surface area contributed by atoms with Gasteiger partial charge in [0.05, 0.1) is 23.6 Å². The van der Waals surface area contributed by atoms with Crippen molar-refractivity contribution in [2.24, 2.45) is 0 Å². The second kappa shape index (κ2) is 10.5. The molecule has 188 valence electrons. The lowest BCUT2D eigenvalue weighted by Crippen LogP contribution is -2.44. The number of rotatable bonds is 6. The molecule has 0 saturated carbocycles. The number of hydrogen-bond donors (Lipinski definition) is 3. The van der Waals surface area contributed by atoms with Crippen molar-refractivity contribution in [3.63, 3.8) is 0 Å². The third-order valence-corrected chi connectivity index (χ3v) is 6.72. The Balaban J connectivity index is 1.34. The van der Waals surface area contributed by atoms with Gasteiger partial charge in [-0.05, 0) is 43.2 Å². The highest BCUT2D eigenvalue weighted by molar-refractivity contribution is 6.36. The molecular weight excluding hydrogens is 482 g/mol. The highest BCUT2D eigenvalue weighted by atomic mass is 35.5. The first-order valence-corrected chi connectivity index (χ1v) is 12.4. The summed E-state index contributed by atoms with van der Waals surface area (Å²) in [5.41, 5.74) is 1.96. The van der Waals surface area contributed by atoms with Crippen molar-refractivity contribution in [3.8, 4) is 0 Å². The Bertz CT molecular complexity index is 1270. The van der Waals surface area contributed by atoms with Crippen LogP contribution in [0, 0.1) is 0 Å². The summed E-state index contributed by atoms with van der Waals surface area (Å²) < 4.78 is 5.33. The third kappa shape index (κ3) is 5.14. The number of halogens is 1. The third-order valence-electron chi connectivity index (χ3n) is 6.42. The molecule has 3 aromatic rings. The van der Waals surface area contributed by atoms with E-state index >= 15 is 0 Å². The topological polar surface area (TPSA) is 115 Å². The monoisotopic (exact) mass is 509 g/mol. The van der Waals surface area contributed by atoms with Gasteiger partial charge in [-0.3, -0.25) is 9.59 Å². The summed E-state index contributed by atoms with van der Waals surface area (Å²) in [6, 6.07) is 7.25. The number of nitrogens with one attached hydrogen (secondary N) is 3. The number of carbonyl (C=O) groups is 2. The predicted molar refractivity (Wildman–Crippen MR) is 139 cm³/mol. The van der Waals surface area contributed by atoms with E-state index in [4.69, 9.17) is 21.3 Å². The van der Waals surface area contributed by atoms with E-state index in [1.54, 1.807) is 28.1 Å². The smallest absolute Gasteiger partial charge is 0.254 e. The van der Waals surface area contributed by atoms with Crippen molar-refractivity contribution < 1.29 is 14.3 Å². The van der Waals surface area contributed by atoms with Crippen LogP contribution in [0.1, 0.15) is 23.2 Å². The van der Waals surface area contributed by atoms with E-state index in [0.717, 1.165) is 18.5 Å². The first-order valence-electron chi connectivity index (χ1n) is 12.0. The molecule has 2 aromatic heterocycles. The maximum atomic E-state index is 12.7. The van der Waals surface area contributed by atoms with Gasteiger partial charge in [-0.25, -0.2) is 0 Å². The van der Waals surface area contributed by atoms with E-state index < -0.39 is 0 Å². The number of morpholine rings is 1. The molecule has 4 heterocycles. The highest BCUT2D eigenvalue weighted by Crippen LogP contribution is 2.31. The summed E-state index contributed by atoms with van der Waals surface area (Å²) in [5, 5.41) is 7.89. The molecule has 1 atom stereocenters. The van der Waals surface area contributed by atoms with E-state index in [0.29, 0.717) is 72.8 Å². The van der Waals surface area contributed by atoms with Crippen LogP contribution in [-0.4, -0.2) is 82.0 Å². The molecule has 3 N–H and O–H groups in total. The summed E-state index contributed by atoms with van der Waals surface area (Å²) in [6.07, 6.45) is 4.80. The number of ether oxygens (including phenoxy) is 1. The van der Waals surface area contributed by atoms with E-state index in [1.165, 1.54) is 6.08 Å². The SMILES string of the molecule is C=CC(=O)N1CCC[C@@H](Nc2nc(Nc3ccc(C(=O)N4CCOCC4)cc3)nc3[nH]cc(Cl)c23)C1. The number of fused-ring (bicyclic) bond motifs is 1. The molecule has 2 fully saturated rings. The lowest BCUT2D eigenvalue weighted by atomic mass is 10.1. The molecule has 2 saturated heterocycles. The Kier molecular flexibility index (Phi) is 7.06. The van der Waals surface area contributed by atoms with E-state index in [9.17, 15) is 9.59 Å². The minimum atomic E-state index is -0.0769. The van der Waals surface area contributed by atoms with Gasteiger partial charge < -0.3 is 30.2 Å². The first-order chi connectivity index (χ1) is 17.5. The second-order valence-corrected chi connectivity index (χ2v) is 9.24. The quantitative estimate of drug-likeness (QED) is 0.436. The van der Waals surface area contributed by atoms with Gasteiger partial charge in [-0.2, -0.15) is 9.97 Å². The Morgan fingerprint density at radius 2 is 1.92 bits per heavy atom. The summed E-state index contributed by atoms with van der Waals surface area (Å²) in [5.74, 6) is 0.884. The number of anilines is 3. The lowest BCUT2D eigenvalue weighted by molar-refractivity contribution is -0.127. The summed E-state index contributed by atoms with van der Waals surface area (Å²) >= 11 is 6.43. The average Bonchev–Trinajstić information content (AvgIpc) is 3.29. The van der Waals surface area contributed by atoms with Crippen LogP contribution in [0.4, 0.5) is 17.5 Å². The normalized spacial score (nSPS) is 18.2. The number of aromatic amines is 1. The largest absolute Gasteiger partial charge is 0.378 e. The molecule has 2 aliphatic rings. The van der Waals surface area contributed by atoms with Gasteiger partial charge in [-0.1, -0.05) is 18.2 Å². The minimum absolute atomic E-state index is 0.00788. The average molecular weight is 510 g/mol. The number of aromatic nitrogens is 3. The fraction of sp³-hybridized carbons (Fsp3) is 0.360. The summed E-state index contributed by atoms with van der Waals surface area (Å²) in [7, 11) is 0. The van der Waals surface area contributed by atoms with Crippen molar-refractivity contribution in [3.05, 3.63) is 53.7 Å². The number of amides is 2. The zero-order valence-electron chi connectivity index (χ0n) is 19.8. The molecule has 5 rings (SSSR count). The van der Waals surface area contributed by atoms with E-state index in [-0.39, 0.29) is 17.9 Å². The first kappa shape index (κ1) is 24.1. The van der Waals surface area contributed by atoms with Crippen molar-refractivity contribution in [1.82, 2.24) is 24.8 Å². The van der Waals surface area contributed by atoms with Crippen LogP contribution >= 0.6 is 11.6 Å². The number of hydrogen-bond acceptors (Lipinski definition) is 7. The molecule has 0 unspecified atom stereocenters. The minimum Gasteiger partial charge on any atom is -0.378 e. The number of piperidine rings is 1. The molecular formula is C25H28ClN7O3. The van der Waals surface area contributed by atoms with Crippen LogP contribution < -0.4 is 10.6 Å². The van der Waals surface area contributed by atoms with Gasteiger partial charge in [0.15, 0.2) is 0 Å². The van der Waals surface area contributed by atoms with Crippen LogP contribution in [-0.2, 0) is 9.53 Å². The Morgan fingerprint density at radius 1 is 1.14 bits per heavy atom. The Hall–Kier alpha value is -3.63. The summed E-state index contributed by atoms with van der Waals surface area (Å²) in [4.78, 5) is 40.7. The maximum Gasteiger partial charge on any atom is 0.254 e. The number of H-pyrrole nitrogens is 1. The highest BCUT2D eigenvalue weighted by Gasteiger charge is 2.24. The van der Waals surface area contributed by atoms with Gasteiger partial charge in [0, 0.05) is 49.7 Å². The molecule has 2 aliphatic heterocycles. The predicted octanol–water partition coefficient (Wildman–Crippen LogP) is 3.42. The van der Waals surface area contributed by atoms with Crippen molar-refractivity contribution in [2.75, 3.05) is 50.0 Å². The lowest BCUT2D eigenvalue weighted by Gasteiger charge is -2.33. The second-order valence-electron chi connectivity index (χ2n) is 8.83. The molecule has 2 amide bonds. The van der Waals surface area contributed by atoms with Crippen molar-refractivity contribution in [1.29, 1.82) is 0 Å². The van der Waals surface area contributed by atoms with Gasteiger partial charge in [-0.15, -0.1) is 0 Å². The molecule has 10 nitrogen and oxygen atoms in total. The van der Waals surface area contributed by atoms with Gasteiger partial charge in [0.1, 0.15) is 11.5 Å². The zero-order chi connectivity index (χ0) is 25.1. The van der Waals surface area contributed by atoms with Crippen LogP contribution in [0.5, 0.6) is 0 Å². The Morgan fingerprint density at radius 3 is 2.67 bits per heavy atom. The zero-order valence-corrected chi connectivity index (χ0v) is 20.6. The van der Waals surface area contributed by atoms with Gasteiger partial charge in [0.25, 0.3) is 5.91 Å². The van der Waals surface area contributed by atoms with Crippen molar-refractivity contribution >= 4 is 51.9 Å². The molecule has 0 bridgehead atoms.